The third kappa shape index (κ3) is 4.59. The number of ether oxygens (including phenoxy) is 1. The molecule has 1 N–H and O–H groups in total. The number of hydrogen-bond acceptors (Lipinski definition) is 3. The van der Waals surface area contributed by atoms with Crippen molar-refractivity contribution in [3.05, 3.63) is 0 Å². The van der Waals surface area contributed by atoms with Crippen LogP contribution in [0.2, 0.25) is 0 Å². The standard InChI is InChI=1S/C14H21F3N2O3/c15-14(16,17)13(21)19-5-1-11(2-6-19)12(20)18-9-10-3-7-22-8-4-10/h10-11H,1-9H2,(H,18,20). The molecule has 2 fully saturated rings. The van der Waals surface area contributed by atoms with Crippen molar-refractivity contribution in [1.82, 2.24) is 10.2 Å². The number of halogens is 3. The molecule has 5 nitrogen and oxygen atoms in total. The van der Waals surface area contributed by atoms with Crippen LogP contribution in [0, 0.1) is 11.8 Å². The summed E-state index contributed by atoms with van der Waals surface area (Å²) in [6.07, 6.45) is -2.45. The Hall–Kier alpha value is -1.31. The Labute approximate surface area is 127 Å². The Morgan fingerprint density at radius 2 is 1.68 bits per heavy atom. The molecule has 2 rings (SSSR count). The number of nitrogens with one attached hydrogen (secondary N) is 1. The van der Waals surface area contributed by atoms with Gasteiger partial charge >= 0.3 is 12.1 Å². The van der Waals surface area contributed by atoms with Crippen molar-refractivity contribution < 1.29 is 27.5 Å². The molecule has 0 radical (unpaired) electrons. The van der Waals surface area contributed by atoms with Gasteiger partial charge in [-0.25, -0.2) is 0 Å². The Morgan fingerprint density at radius 3 is 2.23 bits per heavy atom. The molecule has 0 atom stereocenters. The van der Waals surface area contributed by atoms with Gasteiger partial charge in [-0.15, -0.1) is 0 Å². The number of nitrogens with zero attached hydrogens (tertiary/aromatic N) is 1. The normalized spacial score (nSPS) is 21.7. The van der Waals surface area contributed by atoms with Crippen molar-refractivity contribution in [2.75, 3.05) is 32.8 Å². The molecule has 0 spiro atoms. The molecule has 0 aromatic rings. The van der Waals surface area contributed by atoms with Crippen molar-refractivity contribution in [2.24, 2.45) is 11.8 Å². The third-order valence-electron chi connectivity index (χ3n) is 4.30. The van der Waals surface area contributed by atoms with E-state index in [2.05, 4.69) is 5.32 Å². The Morgan fingerprint density at radius 1 is 1.09 bits per heavy atom. The van der Waals surface area contributed by atoms with Crippen molar-refractivity contribution in [2.45, 2.75) is 31.9 Å². The lowest BCUT2D eigenvalue weighted by Gasteiger charge is -2.32. The SMILES string of the molecule is O=C(NCC1CCOCC1)C1CCN(C(=O)C(F)(F)F)CC1. The molecule has 0 saturated carbocycles. The fraction of sp³-hybridized carbons (Fsp3) is 0.857. The summed E-state index contributed by atoms with van der Waals surface area (Å²) in [6.45, 7) is 1.96. The van der Waals surface area contributed by atoms with E-state index in [4.69, 9.17) is 4.74 Å². The number of rotatable bonds is 3. The van der Waals surface area contributed by atoms with Gasteiger partial charge in [0, 0.05) is 38.8 Å². The van der Waals surface area contributed by atoms with E-state index in [1.165, 1.54) is 0 Å². The molecule has 0 aromatic carbocycles. The van der Waals surface area contributed by atoms with Gasteiger partial charge in [0.1, 0.15) is 0 Å². The van der Waals surface area contributed by atoms with E-state index >= 15 is 0 Å². The molecule has 2 saturated heterocycles. The molecule has 0 aliphatic carbocycles. The zero-order chi connectivity index (χ0) is 16.2. The van der Waals surface area contributed by atoms with E-state index in [-0.39, 0.29) is 37.8 Å². The molecule has 2 aliphatic heterocycles. The zero-order valence-corrected chi connectivity index (χ0v) is 12.3. The average Bonchev–Trinajstić information content (AvgIpc) is 2.52. The predicted molar refractivity (Wildman–Crippen MR) is 71.9 cm³/mol. The molecular formula is C14H21F3N2O3. The van der Waals surface area contributed by atoms with Gasteiger partial charge in [-0.1, -0.05) is 0 Å². The van der Waals surface area contributed by atoms with Gasteiger partial charge in [-0.3, -0.25) is 9.59 Å². The van der Waals surface area contributed by atoms with Crippen LogP contribution in [0.1, 0.15) is 25.7 Å². The molecule has 2 aliphatic rings. The van der Waals surface area contributed by atoms with E-state index in [0.29, 0.717) is 25.7 Å². The van der Waals surface area contributed by atoms with E-state index in [0.717, 1.165) is 17.7 Å². The predicted octanol–water partition coefficient (Wildman–Crippen LogP) is 1.33. The second-order valence-electron chi connectivity index (χ2n) is 5.87. The van der Waals surface area contributed by atoms with E-state index in [9.17, 15) is 22.8 Å². The smallest absolute Gasteiger partial charge is 0.381 e. The van der Waals surface area contributed by atoms with Gasteiger partial charge in [-0.2, -0.15) is 13.2 Å². The Kier molecular flexibility index (Phi) is 5.66. The first-order chi connectivity index (χ1) is 10.4. The summed E-state index contributed by atoms with van der Waals surface area (Å²) in [5, 5.41) is 2.88. The lowest BCUT2D eigenvalue weighted by molar-refractivity contribution is -0.186. The van der Waals surface area contributed by atoms with Gasteiger partial charge in [-0.05, 0) is 31.6 Å². The maximum atomic E-state index is 12.3. The van der Waals surface area contributed by atoms with Gasteiger partial charge < -0.3 is 15.0 Å². The molecule has 0 unspecified atom stereocenters. The summed E-state index contributed by atoms with van der Waals surface area (Å²) in [5.41, 5.74) is 0. The van der Waals surface area contributed by atoms with Crippen LogP contribution in [-0.2, 0) is 14.3 Å². The third-order valence-corrected chi connectivity index (χ3v) is 4.30. The van der Waals surface area contributed by atoms with E-state index in [1.807, 2.05) is 0 Å². The topological polar surface area (TPSA) is 58.6 Å². The first kappa shape index (κ1) is 17.1. The van der Waals surface area contributed by atoms with Crippen LogP contribution in [0.15, 0.2) is 0 Å². The molecule has 2 heterocycles. The number of hydrogen-bond donors (Lipinski definition) is 1. The second-order valence-corrected chi connectivity index (χ2v) is 5.87. The highest BCUT2D eigenvalue weighted by Gasteiger charge is 2.43. The monoisotopic (exact) mass is 322 g/mol. The maximum Gasteiger partial charge on any atom is 0.471 e. The molecular weight excluding hydrogens is 301 g/mol. The largest absolute Gasteiger partial charge is 0.471 e. The fourth-order valence-electron chi connectivity index (χ4n) is 2.86. The highest BCUT2D eigenvalue weighted by atomic mass is 19.4. The highest BCUT2D eigenvalue weighted by molar-refractivity contribution is 5.83. The van der Waals surface area contributed by atoms with Crippen molar-refractivity contribution >= 4 is 11.8 Å². The number of carbonyl (C=O) groups is 2. The van der Waals surface area contributed by atoms with E-state index in [1.54, 1.807) is 0 Å². The van der Waals surface area contributed by atoms with Crippen molar-refractivity contribution in [3.63, 3.8) is 0 Å². The number of likely N-dealkylation sites (tertiary alicyclic amines) is 1. The van der Waals surface area contributed by atoms with Gasteiger partial charge in [0.15, 0.2) is 0 Å². The summed E-state index contributed by atoms with van der Waals surface area (Å²) >= 11 is 0. The molecule has 126 valence electrons. The van der Waals surface area contributed by atoms with Gasteiger partial charge in [0.25, 0.3) is 0 Å². The summed E-state index contributed by atoms with van der Waals surface area (Å²) in [5.74, 6) is -1.83. The molecule has 8 heteroatoms. The van der Waals surface area contributed by atoms with Gasteiger partial charge in [0.2, 0.25) is 5.91 Å². The molecule has 22 heavy (non-hydrogen) atoms. The molecule has 2 amide bonds. The minimum atomic E-state index is -4.84. The quantitative estimate of drug-likeness (QED) is 0.853. The minimum Gasteiger partial charge on any atom is -0.381 e. The average molecular weight is 322 g/mol. The Balaban J connectivity index is 1.71. The fourth-order valence-corrected chi connectivity index (χ4v) is 2.86. The van der Waals surface area contributed by atoms with Gasteiger partial charge in [0.05, 0.1) is 0 Å². The number of carbonyl (C=O) groups excluding carboxylic acids is 2. The molecule has 0 bridgehead atoms. The first-order valence-electron chi connectivity index (χ1n) is 7.59. The summed E-state index contributed by atoms with van der Waals surface area (Å²) in [7, 11) is 0. The Bertz CT molecular complexity index is 401. The summed E-state index contributed by atoms with van der Waals surface area (Å²) < 4.78 is 42.2. The van der Waals surface area contributed by atoms with Crippen LogP contribution in [0.3, 0.4) is 0 Å². The lowest BCUT2D eigenvalue weighted by atomic mass is 9.95. The minimum absolute atomic E-state index is 0.0201. The van der Waals surface area contributed by atoms with Crippen LogP contribution >= 0.6 is 0 Å². The van der Waals surface area contributed by atoms with Crippen molar-refractivity contribution in [3.8, 4) is 0 Å². The van der Waals surface area contributed by atoms with Crippen molar-refractivity contribution in [1.29, 1.82) is 0 Å². The lowest BCUT2D eigenvalue weighted by Crippen LogP contribution is -2.48. The zero-order valence-electron chi connectivity index (χ0n) is 12.3. The van der Waals surface area contributed by atoms with Crippen LogP contribution < -0.4 is 5.32 Å². The summed E-state index contributed by atoms with van der Waals surface area (Å²) in [4.78, 5) is 23.9. The van der Waals surface area contributed by atoms with E-state index < -0.39 is 12.1 Å². The maximum absolute atomic E-state index is 12.3. The number of alkyl halides is 3. The first-order valence-corrected chi connectivity index (χ1v) is 7.59. The van der Waals surface area contributed by atoms with Crippen LogP contribution in [0.25, 0.3) is 0 Å². The number of piperidine rings is 1. The van der Waals surface area contributed by atoms with Crippen LogP contribution in [0.5, 0.6) is 0 Å². The summed E-state index contributed by atoms with van der Waals surface area (Å²) in [6, 6.07) is 0. The second kappa shape index (κ2) is 7.30. The highest BCUT2D eigenvalue weighted by Crippen LogP contribution is 2.24. The molecule has 0 aromatic heterocycles. The van der Waals surface area contributed by atoms with Crippen LogP contribution in [-0.4, -0.2) is 55.7 Å². The van der Waals surface area contributed by atoms with Crippen LogP contribution in [0.4, 0.5) is 13.2 Å². The number of amides is 2.